The van der Waals surface area contributed by atoms with Crippen LogP contribution in [0.3, 0.4) is 0 Å². The van der Waals surface area contributed by atoms with Gasteiger partial charge >= 0.3 is 0 Å². The van der Waals surface area contributed by atoms with Gasteiger partial charge in [-0.05, 0) is 39.0 Å². The Hall–Kier alpha value is -2.36. The molecule has 2 aromatic carbocycles. The van der Waals surface area contributed by atoms with Gasteiger partial charge in [0, 0.05) is 18.2 Å². The van der Waals surface area contributed by atoms with E-state index in [9.17, 15) is 22.4 Å². The molecule has 0 aliphatic carbocycles. The van der Waals surface area contributed by atoms with Crippen molar-refractivity contribution in [3.63, 3.8) is 0 Å². The SMILES string of the molecule is CC(C)NC(=O)[C@@H](C)N(Cc1ccccc1F)C(=O)CN(c1cccc(Cl)c1Cl)S(C)(=O)=O. The Kier molecular flexibility index (Phi) is 9.11. The number of carbonyl (C=O) groups excluding carboxylic acids is 2. The summed E-state index contributed by atoms with van der Waals surface area (Å²) in [5.41, 5.74) is 0.201. The number of benzene rings is 2. The van der Waals surface area contributed by atoms with Crippen molar-refractivity contribution in [2.75, 3.05) is 17.1 Å². The number of nitrogens with zero attached hydrogens (tertiary/aromatic N) is 2. The molecule has 1 atom stereocenters. The van der Waals surface area contributed by atoms with Crippen molar-refractivity contribution in [2.45, 2.75) is 39.4 Å². The number of amides is 2. The third kappa shape index (κ3) is 7.06. The smallest absolute Gasteiger partial charge is 0.244 e. The van der Waals surface area contributed by atoms with Crippen molar-refractivity contribution in [2.24, 2.45) is 0 Å². The van der Waals surface area contributed by atoms with Crippen LogP contribution in [0.15, 0.2) is 42.5 Å². The van der Waals surface area contributed by atoms with Crippen LogP contribution in [0.5, 0.6) is 0 Å². The number of nitrogens with one attached hydrogen (secondary N) is 1. The molecule has 0 fully saturated rings. The molecule has 0 saturated carbocycles. The molecule has 0 aliphatic heterocycles. The molecular formula is C22H26Cl2FN3O4S. The lowest BCUT2D eigenvalue weighted by Gasteiger charge is -2.32. The van der Waals surface area contributed by atoms with E-state index in [0.29, 0.717) is 0 Å². The fourth-order valence-corrected chi connectivity index (χ4v) is 4.38. The summed E-state index contributed by atoms with van der Waals surface area (Å²) in [6.07, 6.45) is 0.924. The van der Waals surface area contributed by atoms with Crippen LogP contribution < -0.4 is 9.62 Å². The Balaban J connectivity index is 2.45. The second-order valence-electron chi connectivity index (χ2n) is 7.79. The lowest BCUT2D eigenvalue weighted by Crippen LogP contribution is -2.52. The summed E-state index contributed by atoms with van der Waals surface area (Å²) in [4.78, 5) is 27.1. The normalized spacial score (nSPS) is 12.4. The number of anilines is 1. The molecular weight excluding hydrogens is 492 g/mol. The number of hydrogen-bond acceptors (Lipinski definition) is 4. The standard InChI is InChI=1S/C22H26Cl2FN3O4S/c1-14(2)26-22(30)15(3)27(12-16-8-5-6-10-18(16)25)20(29)13-28(33(4,31)32)19-11-7-9-17(23)21(19)24/h5-11,14-15H,12-13H2,1-4H3,(H,26,30)/t15-/m1/s1. The second-order valence-corrected chi connectivity index (χ2v) is 10.5. The Morgan fingerprint density at radius 1 is 1.06 bits per heavy atom. The van der Waals surface area contributed by atoms with Gasteiger partial charge in [-0.25, -0.2) is 12.8 Å². The van der Waals surface area contributed by atoms with Crippen LogP contribution in [0, 0.1) is 5.82 Å². The van der Waals surface area contributed by atoms with Crippen LogP contribution in [0.25, 0.3) is 0 Å². The number of rotatable bonds is 9. The molecule has 0 saturated heterocycles. The van der Waals surface area contributed by atoms with Gasteiger partial charge in [0.1, 0.15) is 18.4 Å². The summed E-state index contributed by atoms with van der Waals surface area (Å²) < 4.78 is 40.2. The van der Waals surface area contributed by atoms with Crippen LogP contribution in [0.1, 0.15) is 26.3 Å². The summed E-state index contributed by atoms with van der Waals surface area (Å²) in [7, 11) is -3.96. The molecule has 0 spiro atoms. The number of halogens is 3. The minimum Gasteiger partial charge on any atom is -0.352 e. The van der Waals surface area contributed by atoms with Gasteiger partial charge in [-0.2, -0.15) is 0 Å². The summed E-state index contributed by atoms with van der Waals surface area (Å²) in [6.45, 7) is 4.12. The van der Waals surface area contributed by atoms with Crippen molar-refractivity contribution >= 4 is 50.7 Å². The molecule has 0 aliphatic rings. The first-order valence-electron chi connectivity index (χ1n) is 10.1. The van der Waals surface area contributed by atoms with Crippen molar-refractivity contribution < 1.29 is 22.4 Å². The molecule has 0 heterocycles. The van der Waals surface area contributed by atoms with E-state index in [2.05, 4.69) is 5.32 Å². The molecule has 1 N–H and O–H groups in total. The number of carbonyl (C=O) groups is 2. The van der Waals surface area contributed by atoms with Gasteiger partial charge in [0.15, 0.2) is 0 Å². The van der Waals surface area contributed by atoms with Gasteiger partial charge in [0.25, 0.3) is 0 Å². The Labute approximate surface area is 203 Å². The van der Waals surface area contributed by atoms with E-state index in [1.807, 2.05) is 0 Å². The molecule has 2 aromatic rings. The third-order valence-corrected chi connectivity index (χ3v) is 6.71. The van der Waals surface area contributed by atoms with Crippen LogP contribution in [0.4, 0.5) is 10.1 Å². The molecule has 2 amide bonds. The average molecular weight is 518 g/mol. The topological polar surface area (TPSA) is 86.8 Å². The van der Waals surface area contributed by atoms with Crippen molar-refractivity contribution in [3.05, 3.63) is 63.9 Å². The fourth-order valence-electron chi connectivity index (χ4n) is 3.08. The molecule has 0 aromatic heterocycles. The minimum absolute atomic E-state index is 0.0187. The van der Waals surface area contributed by atoms with Gasteiger partial charge < -0.3 is 10.2 Å². The first-order chi connectivity index (χ1) is 15.3. The maximum absolute atomic E-state index is 14.3. The Bertz CT molecular complexity index is 1130. The van der Waals surface area contributed by atoms with Crippen LogP contribution in [-0.2, 0) is 26.2 Å². The molecule has 7 nitrogen and oxygen atoms in total. The first kappa shape index (κ1) is 26.9. The number of hydrogen-bond donors (Lipinski definition) is 1. The molecule has 0 unspecified atom stereocenters. The van der Waals surface area contributed by atoms with Gasteiger partial charge in [-0.15, -0.1) is 0 Å². The van der Waals surface area contributed by atoms with E-state index in [4.69, 9.17) is 23.2 Å². The molecule has 11 heteroatoms. The predicted octanol–water partition coefficient (Wildman–Crippen LogP) is 3.84. The fraction of sp³-hybridized carbons (Fsp3) is 0.364. The van der Waals surface area contributed by atoms with E-state index in [0.717, 1.165) is 15.5 Å². The predicted molar refractivity (Wildman–Crippen MR) is 128 cm³/mol. The maximum Gasteiger partial charge on any atom is 0.244 e. The van der Waals surface area contributed by atoms with Crippen LogP contribution in [0.2, 0.25) is 10.0 Å². The summed E-state index contributed by atoms with van der Waals surface area (Å²) in [6, 6.07) is 9.05. The highest BCUT2D eigenvalue weighted by atomic mass is 35.5. The summed E-state index contributed by atoms with van der Waals surface area (Å²) in [5.74, 6) is -1.72. The molecule has 0 bridgehead atoms. The van der Waals surface area contributed by atoms with Gasteiger partial charge in [0.05, 0.1) is 22.0 Å². The van der Waals surface area contributed by atoms with E-state index >= 15 is 0 Å². The van der Waals surface area contributed by atoms with Crippen molar-refractivity contribution in [1.82, 2.24) is 10.2 Å². The summed E-state index contributed by atoms with van der Waals surface area (Å²) in [5, 5.41) is 2.79. The molecule has 180 valence electrons. The van der Waals surface area contributed by atoms with Gasteiger partial charge in [-0.1, -0.05) is 47.5 Å². The molecule has 0 radical (unpaired) electrons. The molecule has 33 heavy (non-hydrogen) atoms. The second kappa shape index (κ2) is 11.2. The zero-order valence-electron chi connectivity index (χ0n) is 18.7. The van der Waals surface area contributed by atoms with Crippen molar-refractivity contribution in [1.29, 1.82) is 0 Å². The highest BCUT2D eigenvalue weighted by molar-refractivity contribution is 7.92. The van der Waals surface area contributed by atoms with E-state index < -0.39 is 40.2 Å². The zero-order chi connectivity index (χ0) is 24.9. The first-order valence-corrected chi connectivity index (χ1v) is 12.7. The average Bonchev–Trinajstić information content (AvgIpc) is 2.71. The Morgan fingerprint density at radius 2 is 1.70 bits per heavy atom. The lowest BCUT2D eigenvalue weighted by atomic mass is 10.1. The maximum atomic E-state index is 14.3. The summed E-state index contributed by atoms with van der Waals surface area (Å²) >= 11 is 12.2. The van der Waals surface area contributed by atoms with E-state index in [1.54, 1.807) is 19.9 Å². The van der Waals surface area contributed by atoms with E-state index in [1.165, 1.54) is 43.3 Å². The lowest BCUT2D eigenvalue weighted by molar-refractivity contribution is -0.139. The monoisotopic (exact) mass is 517 g/mol. The minimum atomic E-state index is -3.96. The third-order valence-electron chi connectivity index (χ3n) is 4.78. The molecule has 2 rings (SSSR count). The van der Waals surface area contributed by atoms with Crippen LogP contribution >= 0.6 is 23.2 Å². The van der Waals surface area contributed by atoms with Gasteiger partial charge in [-0.3, -0.25) is 13.9 Å². The van der Waals surface area contributed by atoms with Crippen LogP contribution in [-0.4, -0.2) is 50.0 Å². The quantitative estimate of drug-likeness (QED) is 0.547. The van der Waals surface area contributed by atoms with E-state index in [-0.39, 0.29) is 33.9 Å². The highest BCUT2D eigenvalue weighted by Crippen LogP contribution is 2.33. The highest BCUT2D eigenvalue weighted by Gasteiger charge is 2.31. The largest absolute Gasteiger partial charge is 0.352 e. The number of sulfonamides is 1. The van der Waals surface area contributed by atoms with Gasteiger partial charge in [0.2, 0.25) is 21.8 Å². The van der Waals surface area contributed by atoms with Crippen molar-refractivity contribution in [3.8, 4) is 0 Å². The zero-order valence-corrected chi connectivity index (χ0v) is 21.0. The Morgan fingerprint density at radius 3 is 2.27 bits per heavy atom.